The van der Waals surface area contributed by atoms with Crippen LogP contribution in [0.3, 0.4) is 0 Å². The number of rotatable bonds is 5. The molecule has 0 aliphatic heterocycles. The van der Waals surface area contributed by atoms with Gasteiger partial charge in [-0.05, 0) is 51.8 Å². The van der Waals surface area contributed by atoms with Crippen molar-refractivity contribution < 1.29 is 14.3 Å². The van der Waals surface area contributed by atoms with Crippen molar-refractivity contribution in [2.45, 2.75) is 6.54 Å². The maximum absolute atomic E-state index is 12.3. The van der Waals surface area contributed by atoms with E-state index in [0.29, 0.717) is 27.9 Å². The van der Waals surface area contributed by atoms with Crippen LogP contribution in [0.2, 0.25) is 0 Å². The van der Waals surface area contributed by atoms with Crippen LogP contribution in [0, 0.1) is 0 Å². The van der Waals surface area contributed by atoms with Crippen molar-refractivity contribution in [3.8, 4) is 5.75 Å². The molecule has 0 radical (unpaired) electrons. The SMILES string of the molecule is COc1ccc(Br)c(C(=O)NCc2ccc(C(=O)N(C)C)cc2)c1. The Labute approximate surface area is 149 Å². The minimum atomic E-state index is -0.200. The number of carbonyl (C=O) groups excluding carboxylic acids is 2. The lowest BCUT2D eigenvalue weighted by atomic mass is 10.1. The number of methoxy groups -OCH3 is 1. The molecule has 0 aromatic heterocycles. The van der Waals surface area contributed by atoms with Crippen molar-refractivity contribution in [3.63, 3.8) is 0 Å². The van der Waals surface area contributed by atoms with Gasteiger partial charge in [-0.15, -0.1) is 0 Å². The van der Waals surface area contributed by atoms with Crippen LogP contribution in [0.15, 0.2) is 46.9 Å². The molecule has 2 amide bonds. The molecule has 2 aromatic rings. The van der Waals surface area contributed by atoms with Crippen LogP contribution >= 0.6 is 15.9 Å². The van der Waals surface area contributed by atoms with E-state index in [9.17, 15) is 9.59 Å². The highest BCUT2D eigenvalue weighted by molar-refractivity contribution is 9.10. The second-order valence-electron chi connectivity index (χ2n) is 5.42. The zero-order valence-electron chi connectivity index (χ0n) is 13.8. The van der Waals surface area contributed by atoms with Crippen LogP contribution in [0.25, 0.3) is 0 Å². The Morgan fingerprint density at radius 1 is 1.12 bits per heavy atom. The van der Waals surface area contributed by atoms with Crippen LogP contribution in [0.4, 0.5) is 0 Å². The second-order valence-corrected chi connectivity index (χ2v) is 6.28. The zero-order valence-corrected chi connectivity index (χ0v) is 15.4. The van der Waals surface area contributed by atoms with Gasteiger partial charge in [-0.25, -0.2) is 0 Å². The van der Waals surface area contributed by atoms with E-state index >= 15 is 0 Å². The van der Waals surface area contributed by atoms with Gasteiger partial charge in [0.1, 0.15) is 5.75 Å². The van der Waals surface area contributed by atoms with Crippen molar-refractivity contribution in [3.05, 3.63) is 63.6 Å². The molecule has 0 fully saturated rings. The molecule has 5 nitrogen and oxygen atoms in total. The smallest absolute Gasteiger partial charge is 0.253 e. The normalized spacial score (nSPS) is 10.2. The average Bonchev–Trinajstić information content (AvgIpc) is 2.59. The molecule has 0 bridgehead atoms. The summed E-state index contributed by atoms with van der Waals surface area (Å²) in [5.41, 5.74) is 2.04. The molecule has 126 valence electrons. The monoisotopic (exact) mass is 390 g/mol. The first-order valence-electron chi connectivity index (χ1n) is 7.34. The Balaban J connectivity index is 2.03. The number of benzene rings is 2. The Morgan fingerprint density at radius 2 is 1.79 bits per heavy atom. The Bertz CT molecular complexity index is 742. The van der Waals surface area contributed by atoms with Gasteiger partial charge in [-0.2, -0.15) is 0 Å². The molecule has 0 unspecified atom stereocenters. The van der Waals surface area contributed by atoms with E-state index in [2.05, 4.69) is 21.2 Å². The molecular formula is C18H19BrN2O3. The van der Waals surface area contributed by atoms with E-state index < -0.39 is 0 Å². The first kappa shape index (κ1) is 18.0. The van der Waals surface area contributed by atoms with Crippen molar-refractivity contribution in [2.75, 3.05) is 21.2 Å². The summed E-state index contributed by atoms with van der Waals surface area (Å²) in [4.78, 5) is 25.7. The standard InChI is InChI=1S/C18H19BrN2O3/c1-21(2)18(23)13-6-4-12(5-7-13)11-20-17(22)15-10-14(24-3)8-9-16(15)19/h4-10H,11H2,1-3H3,(H,20,22). The third-order valence-corrected chi connectivity index (χ3v) is 4.17. The predicted octanol–water partition coefficient (Wildman–Crippen LogP) is 3.09. The Kier molecular flexibility index (Phi) is 5.98. The molecule has 0 aliphatic rings. The predicted molar refractivity (Wildman–Crippen MR) is 96.3 cm³/mol. The fraction of sp³-hybridized carbons (Fsp3) is 0.222. The first-order chi connectivity index (χ1) is 11.4. The van der Waals surface area contributed by atoms with Gasteiger partial charge < -0.3 is 15.0 Å². The van der Waals surface area contributed by atoms with Crippen molar-refractivity contribution in [1.29, 1.82) is 0 Å². The first-order valence-corrected chi connectivity index (χ1v) is 8.14. The molecule has 0 spiro atoms. The maximum atomic E-state index is 12.3. The van der Waals surface area contributed by atoms with Crippen LogP contribution in [-0.4, -0.2) is 37.9 Å². The third-order valence-electron chi connectivity index (χ3n) is 3.48. The van der Waals surface area contributed by atoms with Gasteiger partial charge in [0.15, 0.2) is 0 Å². The Hall–Kier alpha value is -2.34. The molecular weight excluding hydrogens is 372 g/mol. The number of nitrogens with zero attached hydrogens (tertiary/aromatic N) is 1. The molecule has 0 saturated carbocycles. The third kappa shape index (κ3) is 4.35. The number of hydrogen-bond acceptors (Lipinski definition) is 3. The van der Waals surface area contributed by atoms with E-state index in [1.807, 2.05) is 12.1 Å². The summed E-state index contributed by atoms with van der Waals surface area (Å²) in [6.45, 7) is 0.374. The minimum Gasteiger partial charge on any atom is -0.497 e. The van der Waals surface area contributed by atoms with E-state index in [1.165, 1.54) is 4.90 Å². The minimum absolute atomic E-state index is 0.0501. The molecule has 0 aliphatic carbocycles. The lowest BCUT2D eigenvalue weighted by Gasteiger charge is -2.11. The summed E-state index contributed by atoms with van der Waals surface area (Å²) in [6.07, 6.45) is 0. The number of ether oxygens (including phenoxy) is 1. The van der Waals surface area contributed by atoms with Crippen molar-refractivity contribution in [2.24, 2.45) is 0 Å². The van der Waals surface area contributed by atoms with E-state index in [4.69, 9.17) is 4.74 Å². The number of nitrogens with one attached hydrogen (secondary N) is 1. The lowest BCUT2D eigenvalue weighted by Crippen LogP contribution is -2.23. The van der Waals surface area contributed by atoms with Gasteiger partial charge in [-0.3, -0.25) is 9.59 Å². The number of halogens is 1. The summed E-state index contributed by atoms with van der Waals surface area (Å²) in [5.74, 6) is 0.370. The largest absolute Gasteiger partial charge is 0.497 e. The summed E-state index contributed by atoms with van der Waals surface area (Å²) in [7, 11) is 4.98. The van der Waals surface area contributed by atoms with Crippen LogP contribution in [-0.2, 0) is 6.54 Å². The van der Waals surface area contributed by atoms with Crippen LogP contribution in [0.5, 0.6) is 5.75 Å². The fourth-order valence-electron chi connectivity index (χ4n) is 2.11. The van der Waals surface area contributed by atoms with Gasteiger partial charge in [0.2, 0.25) is 0 Å². The van der Waals surface area contributed by atoms with Crippen LogP contribution < -0.4 is 10.1 Å². The highest BCUT2D eigenvalue weighted by atomic mass is 79.9. The van der Waals surface area contributed by atoms with E-state index in [-0.39, 0.29) is 11.8 Å². The summed E-state index contributed by atoms with van der Waals surface area (Å²) >= 11 is 3.37. The Morgan fingerprint density at radius 3 is 2.38 bits per heavy atom. The summed E-state index contributed by atoms with van der Waals surface area (Å²) < 4.78 is 5.84. The fourth-order valence-corrected chi connectivity index (χ4v) is 2.53. The number of carbonyl (C=O) groups is 2. The van der Waals surface area contributed by atoms with Crippen LogP contribution in [0.1, 0.15) is 26.3 Å². The van der Waals surface area contributed by atoms with Gasteiger partial charge in [0, 0.05) is 30.7 Å². The summed E-state index contributed by atoms with van der Waals surface area (Å²) in [6, 6.07) is 12.4. The molecule has 0 atom stereocenters. The molecule has 2 rings (SSSR count). The maximum Gasteiger partial charge on any atom is 0.253 e. The van der Waals surface area contributed by atoms with Crippen molar-refractivity contribution in [1.82, 2.24) is 10.2 Å². The van der Waals surface area contributed by atoms with Gasteiger partial charge in [0.05, 0.1) is 12.7 Å². The van der Waals surface area contributed by atoms with Crippen molar-refractivity contribution >= 4 is 27.7 Å². The van der Waals surface area contributed by atoms with E-state index in [0.717, 1.165) is 5.56 Å². The number of amides is 2. The quantitative estimate of drug-likeness (QED) is 0.852. The molecule has 1 N–H and O–H groups in total. The topological polar surface area (TPSA) is 58.6 Å². The highest BCUT2D eigenvalue weighted by Gasteiger charge is 2.12. The molecule has 6 heteroatoms. The molecule has 2 aromatic carbocycles. The molecule has 0 saturated heterocycles. The highest BCUT2D eigenvalue weighted by Crippen LogP contribution is 2.22. The van der Waals surface area contributed by atoms with Gasteiger partial charge in [0.25, 0.3) is 11.8 Å². The van der Waals surface area contributed by atoms with Gasteiger partial charge >= 0.3 is 0 Å². The lowest BCUT2D eigenvalue weighted by molar-refractivity contribution is 0.0827. The number of hydrogen-bond donors (Lipinski definition) is 1. The van der Waals surface area contributed by atoms with E-state index in [1.54, 1.807) is 51.5 Å². The summed E-state index contributed by atoms with van der Waals surface area (Å²) in [5, 5.41) is 2.86. The molecule has 24 heavy (non-hydrogen) atoms. The zero-order chi connectivity index (χ0) is 17.7. The molecule has 0 heterocycles. The van der Waals surface area contributed by atoms with Gasteiger partial charge in [-0.1, -0.05) is 12.1 Å². The average molecular weight is 391 g/mol. The second kappa shape index (κ2) is 7.97.